The van der Waals surface area contributed by atoms with Crippen LogP contribution in [0.5, 0.6) is 0 Å². The van der Waals surface area contributed by atoms with Crippen LogP contribution in [0.2, 0.25) is 0 Å². The van der Waals surface area contributed by atoms with Gasteiger partial charge in [-0.15, -0.1) is 12.6 Å². The van der Waals surface area contributed by atoms with Gasteiger partial charge in [0.15, 0.2) is 0 Å². The Morgan fingerprint density at radius 2 is 1.00 bits per heavy atom. The van der Waals surface area contributed by atoms with E-state index in [4.69, 9.17) is 0 Å². The van der Waals surface area contributed by atoms with E-state index in [1.165, 1.54) is 0 Å². The maximum absolute atomic E-state index is 4.10. The van der Waals surface area contributed by atoms with Crippen molar-refractivity contribution in [1.82, 2.24) is 0 Å². The summed E-state index contributed by atoms with van der Waals surface area (Å²) in [4.78, 5) is 0. The van der Waals surface area contributed by atoms with Gasteiger partial charge in [-0.25, -0.2) is 0 Å². The van der Waals surface area contributed by atoms with E-state index in [-0.39, 0.29) is 37.2 Å². The van der Waals surface area contributed by atoms with Crippen molar-refractivity contribution in [2.75, 3.05) is 26.7 Å². The molecular formula is C8H22AuBP2. The second kappa shape index (κ2) is 7.78. The largest absolute Gasteiger partial charge is 3.00 e. The maximum atomic E-state index is 4.10. The molecule has 0 saturated carbocycles. The van der Waals surface area contributed by atoms with Crippen molar-refractivity contribution in [3.05, 3.63) is 14.9 Å². The smallest absolute Gasteiger partial charge is 0.358 e. The minimum absolute atomic E-state index is 0. The first-order chi connectivity index (χ1) is 3.71. The van der Waals surface area contributed by atoms with Gasteiger partial charge in [-0.3, -0.25) is 6.72 Å². The summed E-state index contributed by atoms with van der Waals surface area (Å²) in [6.45, 7) is 9.41. The van der Waals surface area contributed by atoms with Crippen LogP contribution in [0.15, 0.2) is 0 Å². The molecule has 0 heterocycles. The van der Waals surface area contributed by atoms with E-state index in [9.17, 15) is 0 Å². The van der Waals surface area contributed by atoms with Crippen molar-refractivity contribution in [2.24, 2.45) is 0 Å². The summed E-state index contributed by atoms with van der Waals surface area (Å²) in [7, 11) is 0. The third-order valence-corrected chi connectivity index (χ3v) is 5.63. The van der Waals surface area contributed by atoms with Gasteiger partial charge in [0.05, 0.1) is 0 Å². The summed E-state index contributed by atoms with van der Waals surface area (Å²) in [6.07, 6.45) is 8.20. The molecule has 0 saturated heterocycles. The molecule has 4 heteroatoms. The van der Waals surface area contributed by atoms with E-state index in [0.29, 0.717) is 0 Å². The Morgan fingerprint density at radius 1 is 0.833 bits per heavy atom. The second-order valence-electron chi connectivity index (χ2n) is 3.67. The van der Waals surface area contributed by atoms with Crippen molar-refractivity contribution < 1.29 is 22.4 Å². The predicted molar refractivity (Wildman–Crippen MR) is 70.4 cm³/mol. The zero-order chi connectivity index (χ0) is 7.71. The molecule has 12 heavy (non-hydrogen) atoms. The molecule has 0 aromatic heterocycles. The molecule has 0 atom stereocenters. The molecule has 0 aromatic carbocycles. The fraction of sp³-hybridized carbons (Fsp3) is 0.500. The summed E-state index contributed by atoms with van der Waals surface area (Å²) in [6, 6.07) is 0. The summed E-state index contributed by atoms with van der Waals surface area (Å²) < 4.78 is 0. The first-order valence-corrected chi connectivity index (χ1v) is 8.81. The van der Waals surface area contributed by atoms with Gasteiger partial charge < -0.3 is 28.4 Å². The molecule has 0 rings (SSSR count). The zero-order valence-electron chi connectivity index (χ0n) is 9.19. The molecule has 0 aliphatic rings. The Hall–Kier alpha value is 1.41. The van der Waals surface area contributed by atoms with Gasteiger partial charge in [0, 0.05) is 0 Å². The van der Waals surface area contributed by atoms with Crippen molar-refractivity contribution in [2.45, 2.75) is 0 Å². The molecule has 0 N–H and O–H groups in total. The fourth-order valence-corrected chi connectivity index (χ4v) is 7.62. The molecule has 0 aromatic rings. The topological polar surface area (TPSA) is 0 Å². The third-order valence-electron chi connectivity index (χ3n) is 0.625. The molecule has 0 nitrogen and oxygen atoms in total. The minimum atomic E-state index is -0.925. The average Bonchev–Trinajstić information content (AvgIpc) is 1.14. The third kappa shape index (κ3) is 22.5. The van der Waals surface area contributed by atoms with Crippen molar-refractivity contribution in [3.63, 3.8) is 0 Å². The van der Waals surface area contributed by atoms with Gasteiger partial charge in [0.1, 0.15) is 0 Å². The first kappa shape index (κ1) is 23.3. The zero-order valence-corrected chi connectivity index (χ0v) is 13.1. The van der Waals surface area contributed by atoms with Gasteiger partial charge in [0.2, 0.25) is 0 Å². The van der Waals surface area contributed by atoms with Gasteiger partial charge in [-0.1, -0.05) is 26.7 Å². The molecule has 0 spiro atoms. The van der Waals surface area contributed by atoms with Crippen molar-refractivity contribution in [1.29, 1.82) is 0 Å². The number of hydrogen-bond acceptors (Lipinski definition) is 0. The quantitative estimate of drug-likeness (QED) is 0.388. The van der Waals surface area contributed by atoms with Gasteiger partial charge in [0.25, 0.3) is 0 Å². The van der Waals surface area contributed by atoms with Crippen molar-refractivity contribution in [3.8, 4) is 0 Å². The molecular weight excluding hydrogens is 366 g/mol. The standard InChI is InChI=1S/C6H16BP2.2CH3.Au/c1-8(2,3)7-9(4,5)6;;;/h1,4H2,2-3,5-6H3;2*1H3;/q3*-1;+3. The van der Waals surface area contributed by atoms with Crippen LogP contribution in [-0.2, 0) is 22.4 Å². The number of hydrogen-bond donors (Lipinski definition) is 0. The summed E-state index contributed by atoms with van der Waals surface area (Å²) in [5.74, 6) is 0. The van der Waals surface area contributed by atoms with E-state index in [0.717, 1.165) is 0 Å². The molecule has 78 valence electrons. The van der Waals surface area contributed by atoms with Crippen LogP contribution < -0.4 is 0 Å². The number of rotatable bonds is 2. The van der Waals surface area contributed by atoms with Gasteiger partial charge in [-0.2, -0.15) is 0 Å². The molecule has 2 radical (unpaired) electrons. The molecule has 0 aliphatic heterocycles. The minimum Gasteiger partial charge on any atom is -0.358 e. The van der Waals surface area contributed by atoms with Crippen LogP contribution in [0.25, 0.3) is 0 Å². The summed E-state index contributed by atoms with van der Waals surface area (Å²) >= 11 is 0. The first-order valence-electron chi connectivity index (χ1n) is 2.94. The average molecular weight is 388 g/mol. The summed E-state index contributed by atoms with van der Waals surface area (Å²) in [5.41, 5.74) is 0. The van der Waals surface area contributed by atoms with E-state index >= 15 is 0 Å². The van der Waals surface area contributed by atoms with Crippen LogP contribution in [0.4, 0.5) is 0 Å². The van der Waals surface area contributed by atoms with E-state index in [2.05, 4.69) is 46.0 Å². The fourth-order valence-electron chi connectivity index (χ4n) is 0.846. The van der Waals surface area contributed by atoms with Crippen LogP contribution >= 0.6 is 13.5 Å². The van der Waals surface area contributed by atoms with E-state index in [1.807, 2.05) is 0 Å². The Bertz CT molecular complexity index is 157. The van der Waals surface area contributed by atoms with Crippen LogP contribution in [0, 0.1) is 14.9 Å². The summed E-state index contributed by atoms with van der Waals surface area (Å²) in [5, 5.41) is 0. The second-order valence-corrected chi connectivity index (χ2v) is 11.7. The Balaban J connectivity index is -0.000000107. The van der Waals surface area contributed by atoms with Crippen LogP contribution in [-0.4, -0.2) is 46.0 Å². The van der Waals surface area contributed by atoms with Crippen LogP contribution in [0.1, 0.15) is 0 Å². The predicted octanol–water partition coefficient (Wildman–Crippen LogP) is 2.84. The van der Waals surface area contributed by atoms with Crippen molar-refractivity contribution >= 4 is 32.8 Å². The van der Waals surface area contributed by atoms with Gasteiger partial charge >= 0.3 is 22.4 Å². The Labute approximate surface area is 96.5 Å². The Morgan fingerprint density at radius 3 is 1.00 bits per heavy atom. The Kier molecular flexibility index (Phi) is 15.1. The monoisotopic (exact) mass is 388 g/mol. The van der Waals surface area contributed by atoms with E-state index in [1.54, 1.807) is 0 Å². The molecule has 0 amide bonds. The van der Waals surface area contributed by atoms with Crippen LogP contribution in [0.3, 0.4) is 0 Å². The maximum Gasteiger partial charge on any atom is 3.00 e. The van der Waals surface area contributed by atoms with Gasteiger partial charge in [-0.05, 0) is 0 Å². The van der Waals surface area contributed by atoms with E-state index < -0.39 is 13.5 Å². The normalized spacial score (nSPS) is 10.3. The molecule has 0 bridgehead atoms. The SMILES string of the molecule is C=P(C)(C)[B-]P(=C)(C)C.[Au+3].[CH3-].[CH3-]. The molecule has 0 unspecified atom stereocenters. The molecule has 0 aliphatic carbocycles. The molecule has 0 fully saturated rings.